The lowest BCUT2D eigenvalue weighted by Gasteiger charge is -2.07. The third kappa shape index (κ3) is 3.51. The first kappa shape index (κ1) is 14.4. The molecule has 0 aliphatic heterocycles. The number of hydrogen-bond acceptors (Lipinski definition) is 4. The molecule has 0 spiro atoms. The van der Waals surface area contributed by atoms with Gasteiger partial charge in [-0.05, 0) is 32.0 Å². The standard InChI is InChI=1S/C13H13F2N3OS/c1-7-8(2)20-13(17-7)18-12(19)6-16-11-5-9(14)3-4-10(11)15/h3-5,16H,6H2,1-2H3,(H,17,18,19). The molecule has 0 fully saturated rings. The second-order valence-electron chi connectivity index (χ2n) is 4.19. The van der Waals surface area contributed by atoms with Crippen molar-refractivity contribution in [3.8, 4) is 0 Å². The van der Waals surface area contributed by atoms with Gasteiger partial charge in [-0.2, -0.15) is 0 Å². The molecule has 2 aromatic rings. The summed E-state index contributed by atoms with van der Waals surface area (Å²) in [7, 11) is 0. The van der Waals surface area contributed by atoms with Crippen LogP contribution in [0.4, 0.5) is 19.6 Å². The number of rotatable bonds is 4. The summed E-state index contributed by atoms with van der Waals surface area (Å²) in [6.45, 7) is 3.59. The Morgan fingerprint density at radius 1 is 1.35 bits per heavy atom. The summed E-state index contributed by atoms with van der Waals surface area (Å²) in [5.74, 6) is -1.55. The summed E-state index contributed by atoms with van der Waals surface area (Å²) in [6, 6.07) is 3.02. The van der Waals surface area contributed by atoms with Crippen LogP contribution in [0.5, 0.6) is 0 Å². The lowest BCUT2D eigenvalue weighted by molar-refractivity contribution is -0.114. The third-order valence-corrected chi connectivity index (χ3v) is 3.63. The Bertz CT molecular complexity index is 623. The molecule has 1 amide bonds. The smallest absolute Gasteiger partial charge is 0.245 e. The predicted molar refractivity (Wildman–Crippen MR) is 75.1 cm³/mol. The van der Waals surface area contributed by atoms with Crippen LogP contribution in [0.15, 0.2) is 18.2 Å². The Hall–Kier alpha value is -2.02. The molecule has 0 unspecified atom stereocenters. The molecule has 1 aromatic heterocycles. The van der Waals surface area contributed by atoms with Crippen molar-refractivity contribution in [3.63, 3.8) is 0 Å². The number of hydrogen-bond donors (Lipinski definition) is 2. The van der Waals surface area contributed by atoms with Crippen molar-refractivity contribution in [1.82, 2.24) is 4.98 Å². The van der Waals surface area contributed by atoms with Crippen molar-refractivity contribution in [2.45, 2.75) is 13.8 Å². The number of anilines is 2. The zero-order chi connectivity index (χ0) is 14.7. The number of halogens is 2. The van der Waals surface area contributed by atoms with Crippen LogP contribution in [-0.4, -0.2) is 17.4 Å². The van der Waals surface area contributed by atoms with Crippen molar-refractivity contribution in [1.29, 1.82) is 0 Å². The first-order valence-corrected chi connectivity index (χ1v) is 6.70. The number of benzene rings is 1. The summed E-state index contributed by atoms with van der Waals surface area (Å²) in [5, 5.41) is 5.63. The molecular weight excluding hydrogens is 284 g/mol. The fraction of sp³-hybridized carbons (Fsp3) is 0.231. The first-order chi connectivity index (χ1) is 9.45. The molecule has 0 saturated heterocycles. The maximum absolute atomic E-state index is 13.3. The number of carbonyl (C=O) groups is 1. The Morgan fingerprint density at radius 2 is 2.10 bits per heavy atom. The highest BCUT2D eigenvalue weighted by molar-refractivity contribution is 7.15. The minimum Gasteiger partial charge on any atom is -0.374 e. The average molecular weight is 297 g/mol. The molecule has 0 radical (unpaired) electrons. The molecule has 106 valence electrons. The van der Waals surface area contributed by atoms with E-state index < -0.39 is 11.6 Å². The highest BCUT2D eigenvalue weighted by atomic mass is 32.1. The van der Waals surface area contributed by atoms with E-state index in [1.54, 1.807) is 0 Å². The Labute approximate surface area is 118 Å². The van der Waals surface area contributed by atoms with Gasteiger partial charge in [-0.3, -0.25) is 4.79 Å². The van der Waals surface area contributed by atoms with Crippen LogP contribution in [0, 0.1) is 25.5 Å². The molecule has 0 atom stereocenters. The number of carbonyl (C=O) groups excluding carboxylic acids is 1. The largest absolute Gasteiger partial charge is 0.374 e. The monoisotopic (exact) mass is 297 g/mol. The van der Waals surface area contributed by atoms with E-state index in [9.17, 15) is 13.6 Å². The van der Waals surface area contributed by atoms with Gasteiger partial charge in [0.2, 0.25) is 5.91 Å². The van der Waals surface area contributed by atoms with Crippen molar-refractivity contribution in [2.75, 3.05) is 17.2 Å². The summed E-state index contributed by atoms with van der Waals surface area (Å²) < 4.78 is 26.3. The van der Waals surface area contributed by atoms with Crippen molar-refractivity contribution in [3.05, 3.63) is 40.4 Å². The molecule has 0 saturated carbocycles. The van der Waals surface area contributed by atoms with E-state index in [0.29, 0.717) is 5.13 Å². The number of nitrogens with zero attached hydrogens (tertiary/aromatic N) is 1. The van der Waals surface area contributed by atoms with Crippen molar-refractivity contribution in [2.24, 2.45) is 0 Å². The van der Waals surface area contributed by atoms with Gasteiger partial charge < -0.3 is 10.6 Å². The van der Waals surface area contributed by atoms with Crippen LogP contribution in [-0.2, 0) is 4.79 Å². The molecule has 2 N–H and O–H groups in total. The van der Waals surface area contributed by atoms with E-state index in [-0.39, 0.29) is 18.1 Å². The first-order valence-electron chi connectivity index (χ1n) is 5.88. The molecule has 4 nitrogen and oxygen atoms in total. The van der Waals surface area contributed by atoms with Crippen molar-refractivity contribution >= 4 is 28.1 Å². The summed E-state index contributed by atoms with van der Waals surface area (Å²) in [5.41, 5.74) is 0.807. The van der Waals surface area contributed by atoms with Crippen LogP contribution in [0.3, 0.4) is 0 Å². The molecule has 0 aliphatic carbocycles. The molecule has 7 heteroatoms. The molecule has 2 rings (SSSR count). The van der Waals surface area contributed by atoms with E-state index >= 15 is 0 Å². The number of thiazole rings is 1. The van der Waals surface area contributed by atoms with Gasteiger partial charge in [-0.15, -0.1) is 11.3 Å². The Kier molecular flexibility index (Phi) is 4.29. The summed E-state index contributed by atoms with van der Waals surface area (Å²) >= 11 is 1.37. The van der Waals surface area contributed by atoms with E-state index in [2.05, 4.69) is 15.6 Å². The second kappa shape index (κ2) is 5.96. The Morgan fingerprint density at radius 3 is 2.75 bits per heavy atom. The quantitative estimate of drug-likeness (QED) is 0.912. The van der Waals surface area contributed by atoms with E-state index in [1.807, 2.05) is 13.8 Å². The maximum Gasteiger partial charge on any atom is 0.245 e. The highest BCUT2D eigenvalue weighted by Crippen LogP contribution is 2.21. The fourth-order valence-electron chi connectivity index (χ4n) is 1.50. The summed E-state index contributed by atoms with van der Waals surface area (Å²) in [4.78, 5) is 16.9. The molecular formula is C13H13F2N3OS. The minimum absolute atomic E-state index is 0.0494. The van der Waals surface area contributed by atoms with Gasteiger partial charge in [0.15, 0.2) is 5.13 Å². The SMILES string of the molecule is Cc1nc(NC(=O)CNc2cc(F)ccc2F)sc1C. The zero-order valence-corrected chi connectivity index (χ0v) is 11.8. The van der Waals surface area contributed by atoms with Gasteiger partial charge in [-0.25, -0.2) is 13.8 Å². The molecule has 0 aliphatic rings. The van der Waals surface area contributed by atoms with Crippen molar-refractivity contribution < 1.29 is 13.6 Å². The van der Waals surface area contributed by atoms with Crippen LogP contribution in [0.25, 0.3) is 0 Å². The van der Waals surface area contributed by atoms with E-state index in [0.717, 1.165) is 28.8 Å². The lowest BCUT2D eigenvalue weighted by atomic mass is 10.3. The minimum atomic E-state index is -0.611. The number of nitrogens with one attached hydrogen (secondary N) is 2. The highest BCUT2D eigenvalue weighted by Gasteiger charge is 2.09. The van der Waals surface area contributed by atoms with Gasteiger partial charge in [0.05, 0.1) is 17.9 Å². The van der Waals surface area contributed by atoms with Crippen LogP contribution >= 0.6 is 11.3 Å². The molecule has 0 bridgehead atoms. The van der Waals surface area contributed by atoms with Gasteiger partial charge in [0.25, 0.3) is 0 Å². The Balaban J connectivity index is 1.93. The fourth-order valence-corrected chi connectivity index (χ4v) is 2.33. The molecule has 20 heavy (non-hydrogen) atoms. The number of aryl methyl sites for hydroxylation is 2. The van der Waals surface area contributed by atoms with E-state index in [1.165, 1.54) is 11.3 Å². The number of amides is 1. The average Bonchev–Trinajstić information content (AvgIpc) is 2.69. The number of aromatic nitrogens is 1. The van der Waals surface area contributed by atoms with Crippen LogP contribution < -0.4 is 10.6 Å². The molecule has 1 aromatic carbocycles. The maximum atomic E-state index is 13.3. The van der Waals surface area contributed by atoms with Crippen LogP contribution in [0.1, 0.15) is 10.6 Å². The third-order valence-electron chi connectivity index (χ3n) is 2.64. The normalized spacial score (nSPS) is 10.4. The second-order valence-corrected chi connectivity index (χ2v) is 5.39. The molecule has 1 heterocycles. The zero-order valence-electron chi connectivity index (χ0n) is 11.0. The van der Waals surface area contributed by atoms with Gasteiger partial charge in [0, 0.05) is 4.88 Å². The van der Waals surface area contributed by atoms with Crippen LogP contribution in [0.2, 0.25) is 0 Å². The van der Waals surface area contributed by atoms with Gasteiger partial charge in [0.1, 0.15) is 11.6 Å². The predicted octanol–water partition coefficient (Wildman–Crippen LogP) is 3.09. The van der Waals surface area contributed by atoms with E-state index in [4.69, 9.17) is 0 Å². The van der Waals surface area contributed by atoms with Gasteiger partial charge in [-0.1, -0.05) is 0 Å². The summed E-state index contributed by atoms with van der Waals surface area (Å²) in [6.07, 6.45) is 0. The lowest BCUT2D eigenvalue weighted by Crippen LogP contribution is -2.22. The topological polar surface area (TPSA) is 54.0 Å². The van der Waals surface area contributed by atoms with Gasteiger partial charge >= 0.3 is 0 Å².